The second-order valence-corrected chi connectivity index (χ2v) is 8.23. The van der Waals surface area contributed by atoms with Crippen LogP contribution in [0.1, 0.15) is 52.5 Å². The number of aliphatic carboxylic acids is 1. The van der Waals surface area contributed by atoms with Gasteiger partial charge in [-0.3, -0.25) is 9.59 Å². The number of amides is 2. The number of carbonyl (C=O) groups excluding carboxylic acids is 2. The normalized spacial score (nSPS) is 13.0. The molecular formula is C22H34N2O5. The Morgan fingerprint density at radius 3 is 2.17 bits per heavy atom. The molecule has 7 heteroatoms. The van der Waals surface area contributed by atoms with E-state index >= 15 is 0 Å². The van der Waals surface area contributed by atoms with Crippen molar-refractivity contribution < 1.29 is 24.2 Å². The molecule has 1 rings (SSSR count). The van der Waals surface area contributed by atoms with Gasteiger partial charge in [-0.25, -0.2) is 4.79 Å². The van der Waals surface area contributed by atoms with Crippen LogP contribution in [0.15, 0.2) is 30.3 Å². The summed E-state index contributed by atoms with van der Waals surface area (Å²) in [4.78, 5) is 35.8. The Bertz CT molecular complexity index is 646. The van der Waals surface area contributed by atoms with E-state index in [9.17, 15) is 14.4 Å². The third-order valence-electron chi connectivity index (χ3n) is 4.36. The van der Waals surface area contributed by atoms with Crippen LogP contribution in [0.4, 0.5) is 4.79 Å². The summed E-state index contributed by atoms with van der Waals surface area (Å²) in [5.74, 6) is -0.846. The quantitative estimate of drug-likeness (QED) is 0.492. The van der Waals surface area contributed by atoms with Gasteiger partial charge >= 0.3 is 12.1 Å². The zero-order valence-electron chi connectivity index (χ0n) is 17.8. The number of hydrogen-bond acceptors (Lipinski definition) is 4. The molecule has 1 aromatic carbocycles. The largest absolute Gasteiger partial charge is 0.481 e. The van der Waals surface area contributed by atoms with Crippen LogP contribution in [0.3, 0.4) is 0 Å². The molecule has 3 N–H and O–H groups in total. The van der Waals surface area contributed by atoms with E-state index in [-0.39, 0.29) is 37.3 Å². The highest BCUT2D eigenvalue weighted by Crippen LogP contribution is 2.15. The molecular weight excluding hydrogens is 372 g/mol. The molecule has 0 fully saturated rings. The number of alkyl carbamates (subject to hydrolysis) is 1. The maximum atomic E-state index is 12.6. The number of benzene rings is 1. The molecule has 2 atom stereocenters. The monoisotopic (exact) mass is 406 g/mol. The first-order valence-electron chi connectivity index (χ1n) is 10.1. The third-order valence-corrected chi connectivity index (χ3v) is 4.36. The van der Waals surface area contributed by atoms with E-state index in [0.29, 0.717) is 18.8 Å². The van der Waals surface area contributed by atoms with Gasteiger partial charge in [-0.05, 0) is 36.2 Å². The molecule has 0 spiro atoms. The zero-order chi connectivity index (χ0) is 21.8. The minimum Gasteiger partial charge on any atom is -0.481 e. The number of rotatable bonds is 12. The Balaban J connectivity index is 2.61. The highest BCUT2D eigenvalue weighted by molar-refractivity contribution is 5.85. The molecule has 0 heterocycles. The predicted octanol–water partition coefficient (Wildman–Crippen LogP) is 3.58. The van der Waals surface area contributed by atoms with Gasteiger partial charge in [-0.1, -0.05) is 58.0 Å². The van der Waals surface area contributed by atoms with Gasteiger partial charge in [0.25, 0.3) is 0 Å². The van der Waals surface area contributed by atoms with Crippen LogP contribution in [0.25, 0.3) is 0 Å². The van der Waals surface area contributed by atoms with Crippen LogP contribution in [0.5, 0.6) is 0 Å². The number of ether oxygens (including phenoxy) is 1. The third kappa shape index (κ3) is 11.1. The van der Waals surface area contributed by atoms with Crippen molar-refractivity contribution in [1.29, 1.82) is 0 Å². The maximum Gasteiger partial charge on any atom is 0.408 e. The van der Waals surface area contributed by atoms with E-state index in [1.165, 1.54) is 0 Å². The lowest BCUT2D eigenvalue weighted by Crippen LogP contribution is -2.48. The van der Waals surface area contributed by atoms with Crippen molar-refractivity contribution in [2.75, 3.05) is 6.54 Å². The Kier molecular flexibility index (Phi) is 10.8. The summed E-state index contributed by atoms with van der Waals surface area (Å²) in [6.07, 6.45) is 0.507. The van der Waals surface area contributed by atoms with Gasteiger partial charge in [0, 0.05) is 13.0 Å². The van der Waals surface area contributed by atoms with Crippen LogP contribution in [0.2, 0.25) is 0 Å². The fourth-order valence-corrected chi connectivity index (χ4v) is 3.13. The number of nitrogens with one attached hydrogen (secondary N) is 2. The Morgan fingerprint density at radius 2 is 1.62 bits per heavy atom. The van der Waals surface area contributed by atoms with E-state index in [2.05, 4.69) is 10.6 Å². The fraction of sp³-hybridized carbons (Fsp3) is 0.591. The molecule has 162 valence electrons. The Labute approximate surface area is 173 Å². The summed E-state index contributed by atoms with van der Waals surface area (Å²) in [6, 6.07) is 8.56. The van der Waals surface area contributed by atoms with Crippen LogP contribution in [0, 0.1) is 17.8 Å². The molecule has 0 unspecified atom stereocenters. The lowest BCUT2D eigenvalue weighted by Gasteiger charge is -2.22. The minimum atomic E-state index is -0.883. The van der Waals surface area contributed by atoms with Crippen molar-refractivity contribution in [3.8, 4) is 0 Å². The van der Waals surface area contributed by atoms with Gasteiger partial charge in [0.05, 0.1) is 0 Å². The predicted molar refractivity (Wildman–Crippen MR) is 111 cm³/mol. The second kappa shape index (κ2) is 12.8. The molecule has 7 nitrogen and oxygen atoms in total. The summed E-state index contributed by atoms with van der Waals surface area (Å²) < 4.78 is 5.21. The minimum absolute atomic E-state index is 0.000146. The average Bonchev–Trinajstić information content (AvgIpc) is 2.63. The first kappa shape index (κ1) is 24.5. The molecule has 2 amide bonds. The van der Waals surface area contributed by atoms with E-state index in [1.54, 1.807) is 0 Å². The van der Waals surface area contributed by atoms with Crippen LogP contribution in [-0.4, -0.2) is 35.7 Å². The van der Waals surface area contributed by atoms with Gasteiger partial charge in [0.1, 0.15) is 12.6 Å². The van der Waals surface area contributed by atoms with E-state index < -0.39 is 18.1 Å². The molecule has 0 radical (unpaired) electrons. The van der Waals surface area contributed by atoms with Crippen molar-refractivity contribution in [1.82, 2.24) is 10.6 Å². The van der Waals surface area contributed by atoms with Crippen molar-refractivity contribution in [2.24, 2.45) is 17.8 Å². The molecule has 29 heavy (non-hydrogen) atoms. The Hall–Kier alpha value is -2.57. The summed E-state index contributed by atoms with van der Waals surface area (Å²) in [7, 11) is 0. The fourth-order valence-electron chi connectivity index (χ4n) is 3.13. The zero-order valence-corrected chi connectivity index (χ0v) is 17.8. The molecule has 0 aromatic heterocycles. The second-order valence-electron chi connectivity index (χ2n) is 8.23. The van der Waals surface area contributed by atoms with E-state index in [0.717, 1.165) is 5.56 Å². The lowest BCUT2D eigenvalue weighted by molar-refractivity contribution is -0.138. The standard InChI is InChI=1S/C22H34N2O5/c1-15(2)10-18(12-20(25)26)13-23-21(27)19(11-16(3)4)24-22(28)29-14-17-8-6-5-7-9-17/h5-9,15-16,18-19H,10-14H2,1-4H3,(H,23,27)(H,24,28)(H,25,26)/t18-,19-/m0/s1. The number of carboxylic acid groups (broad SMARTS) is 1. The highest BCUT2D eigenvalue weighted by atomic mass is 16.5. The SMILES string of the molecule is CC(C)C[C@H](CNC(=O)[C@H](CC(C)C)NC(=O)OCc1ccccc1)CC(=O)O. The molecule has 0 saturated heterocycles. The first-order chi connectivity index (χ1) is 13.7. The van der Waals surface area contributed by atoms with Crippen molar-refractivity contribution in [2.45, 2.75) is 59.6 Å². The number of hydrogen-bond donors (Lipinski definition) is 3. The molecule has 0 aliphatic rings. The summed E-state index contributed by atoms with van der Waals surface area (Å²) in [5, 5.41) is 14.5. The number of carbonyl (C=O) groups is 3. The van der Waals surface area contributed by atoms with Crippen molar-refractivity contribution >= 4 is 18.0 Å². The van der Waals surface area contributed by atoms with Gasteiger partial charge in [-0.2, -0.15) is 0 Å². The van der Waals surface area contributed by atoms with Crippen LogP contribution >= 0.6 is 0 Å². The smallest absolute Gasteiger partial charge is 0.408 e. The summed E-state index contributed by atoms with van der Waals surface area (Å²) >= 11 is 0. The highest BCUT2D eigenvalue weighted by Gasteiger charge is 2.24. The average molecular weight is 407 g/mol. The Morgan fingerprint density at radius 1 is 1.00 bits per heavy atom. The van der Waals surface area contributed by atoms with Gasteiger partial charge in [0.2, 0.25) is 5.91 Å². The van der Waals surface area contributed by atoms with Gasteiger partial charge in [0.15, 0.2) is 0 Å². The molecule has 0 saturated carbocycles. The summed E-state index contributed by atoms with van der Waals surface area (Å²) in [6.45, 7) is 8.34. The molecule has 0 bridgehead atoms. The first-order valence-corrected chi connectivity index (χ1v) is 10.1. The number of carboxylic acids is 1. The molecule has 1 aromatic rings. The maximum absolute atomic E-state index is 12.6. The molecule has 0 aliphatic carbocycles. The van der Waals surface area contributed by atoms with Crippen molar-refractivity contribution in [3.63, 3.8) is 0 Å². The van der Waals surface area contributed by atoms with Crippen molar-refractivity contribution in [3.05, 3.63) is 35.9 Å². The van der Waals surface area contributed by atoms with Gasteiger partial charge in [-0.15, -0.1) is 0 Å². The topological polar surface area (TPSA) is 105 Å². The van der Waals surface area contributed by atoms with Gasteiger partial charge < -0.3 is 20.5 Å². The van der Waals surface area contributed by atoms with Crippen LogP contribution < -0.4 is 10.6 Å². The van der Waals surface area contributed by atoms with E-state index in [1.807, 2.05) is 58.0 Å². The lowest BCUT2D eigenvalue weighted by atomic mass is 9.94. The molecule has 0 aliphatic heterocycles. The van der Waals surface area contributed by atoms with E-state index in [4.69, 9.17) is 9.84 Å². The summed E-state index contributed by atoms with van der Waals surface area (Å²) in [5.41, 5.74) is 0.859. The van der Waals surface area contributed by atoms with Crippen LogP contribution in [-0.2, 0) is 20.9 Å².